The lowest BCUT2D eigenvalue weighted by Crippen LogP contribution is -2.07. The van der Waals surface area contributed by atoms with Gasteiger partial charge in [0, 0.05) is 12.3 Å². The van der Waals surface area contributed by atoms with Crippen LogP contribution < -0.4 is 5.32 Å². The summed E-state index contributed by atoms with van der Waals surface area (Å²) in [4.78, 5) is 17.2. The van der Waals surface area contributed by atoms with Crippen LogP contribution >= 0.6 is 34.4 Å². The number of carbonyl (C=O) groups excluding carboxylic acids is 1. The standard InChI is InChI=1S/C14H20N4O2S3/c1-5-20-12(19)11-10(7-21-14-18-17-9(4)22-14)16-13(23-11)15-6-8(2)3/h8H,5-7H2,1-4H3,(H,15,16). The molecule has 0 saturated carbocycles. The Kier molecular flexibility index (Phi) is 6.79. The summed E-state index contributed by atoms with van der Waals surface area (Å²) in [6, 6.07) is 0. The second-order valence-electron chi connectivity index (χ2n) is 5.17. The third kappa shape index (κ3) is 5.43. The summed E-state index contributed by atoms with van der Waals surface area (Å²) in [5.41, 5.74) is 0.734. The second kappa shape index (κ2) is 8.60. The molecule has 0 radical (unpaired) electrons. The molecule has 0 aromatic carbocycles. The first-order valence-corrected chi connectivity index (χ1v) is 9.95. The molecule has 1 N–H and O–H groups in total. The fourth-order valence-electron chi connectivity index (χ4n) is 1.64. The molecule has 2 aromatic rings. The third-order valence-corrected chi connectivity index (χ3v) is 5.68. The minimum atomic E-state index is -0.313. The molecule has 0 spiro atoms. The van der Waals surface area contributed by atoms with Gasteiger partial charge in [-0.1, -0.05) is 48.3 Å². The van der Waals surface area contributed by atoms with Gasteiger partial charge in [0.05, 0.1) is 12.3 Å². The molecule has 9 heteroatoms. The molecular weight excluding hydrogens is 352 g/mol. The van der Waals surface area contributed by atoms with Crippen molar-refractivity contribution >= 4 is 45.5 Å². The van der Waals surface area contributed by atoms with E-state index in [1.165, 1.54) is 34.4 Å². The first-order chi connectivity index (χ1) is 11.0. The molecule has 23 heavy (non-hydrogen) atoms. The van der Waals surface area contributed by atoms with Crippen LogP contribution in [0.1, 0.15) is 41.1 Å². The minimum Gasteiger partial charge on any atom is -0.462 e. The van der Waals surface area contributed by atoms with Crippen molar-refractivity contribution in [3.8, 4) is 0 Å². The number of nitrogens with zero attached hydrogens (tertiary/aromatic N) is 3. The van der Waals surface area contributed by atoms with Crippen LogP contribution in [0.2, 0.25) is 0 Å². The van der Waals surface area contributed by atoms with Crippen LogP contribution in [0.3, 0.4) is 0 Å². The first kappa shape index (κ1) is 18.2. The van der Waals surface area contributed by atoms with Crippen molar-refractivity contribution in [3.05, 3.63) is 15.6 Å². The SMILES string of the molecule is CCOC(=O)c1sc(NCC(C)C)nc1CSc1nnc(C)s1. The summed E-state index contributed by atoms with van der Waals surface area (Å²) in [5.74, 6) is 0.765. The number of aryl methyl sites for hydroxylation is 1. The van der Waals surface area contributed by atoms with E-state index in [0.29, 0.717) is 23.2 Å². The predicted molar refractivity (Wildman–Crippen MR) is 95.6 cm³/mol. The van der Waals surface area contributed by atoms with E-state index in [2.05, 4.69) is 34.3 Å². The van der Waals surface area contributed by atoms with Gasteiger partial charge < -0.3 is 10.1 Å². The van der Waals surface area contributed by atoms with Crippen molar-refractivity contribution in [1.29, 1.82) is 0 Å². The maximum Gasteiger partial charge on any atom is 0.350 e. The number of ether oxygens (including phenoxy) is 1. The molecule has 0 aliphatic carbocycles. The van der Waals surface area contributed by atoms with Crippen LogP contribution in [0, 0.1) is 12.8 Å². The predicted octanol–water partition coefficient (Wildman–Crippen LogP) is 3.84. The molecule has 2 aromatic heterocycles. The molecule has 2 heterocycles. The Morgan fingerprint density at radius 2 is 2.13 bits per heavy atom. The number of rotatable bonds is 8. The highest BCUT2D eigenvalue weighted by Gasteiger charge is 2.20. The van der Waals surface area contributed by atoms with Crippen LogP contribution in [-0.2, 0) is 10.5 Å². The molecule has 0 unspecified atom stereocenters. The van der Waals surface area contributed by atoms with Gasteiger partial charge in [-0.3, -0.25) is 0 Å². The molecule has 126 valence electrons. The van der Waals surface area contributed by atoms with Gasteiger partial charge in [0.2, 0.25) is 0 Å². The summed E-state index contributed by atoms with van der Waals surface area (Å²) in [7, 11) is 0. The van der Waals surface area contributed by atoms with E-state index in [1.807, 2.05) is 6.92 Å². The molecule has 0 aliphatic heterocycles. The molecule has 6 nitrogen and oxygen atoms in total. The second-order valence-corrected chi connectivity index (χ2v) is 8.57. The number of thioether (sulfide) groups is 1. The normalized spacial score (nSPS) is 11.0. The van der Waals surface area contributed by atoms with Crippen LogP contribution in [-0.4, -0.2) is 34.3 Å². The van der Waals surface area contributed by atoms with Crippen molar-refractivity contribution in [2.75, 3.05) is 18.5 Å². The smallest absolute Gasteiger partial charge is 0.350 e. The van der Waals surface area contributed by atoms with Crippen LogP contribution in [0.15, 0.2) is 4.34 Å². The maximum atomic E-state index is 12.1. The number of anilines is 1. The zero-order valence-corrected chi connectivity index (χ0v) is 16.0. The first-order valence-electron chi connectivity index (χ1n) is 7.33. The highest BCUT2D eigenvalue weighted by molar-refractivity contribution is 8.00. The van der Waals surface area contributed by atoms with Crippen molar-refractivity contribution in [1.82, 2.24) is 15.2 Å². The van der Waals surface area contributed by atoms with Crippen molar-refractivity contribution in [2.45, 2.75) is 37.8 Å². The lowest BCUT2D eigenvalue weighted by Gasteiger charge is -2.04. The fourth-order valence-corrected chi connectivity index (χ4v) is 4.37. The Bertz CT molecular complexity index is 654. The van der Waals surface area contributed by atoms with E-state index >= 15 is 0 Å². The number of aromatic nitrogens is 3. The van der Waals surface area contributed by atoms with Gasteiger partial charge in [-0.25, -0.2) is 9.78 Å². The fraction of sp³-hybridized carbons (Fsp3) is 0.571. The van der Waals surface area contributed by atoms with Crippen molar-refractivity contribution in [3.63, 3.8) is 0 Å². The zero-order chi connectivity index (χ0) is 16.8. The van der Waals surface area contributed by atoms with Crippen molar-refractivity contribution in [2.24, 2.45) is 5.92 Å². The summed E-state index contributed by atoms with van der Waals surface area (Å²) in [5, 5.41) is 13.0. The topological polar surface area (TPSA) is 77.0 Å². The van der Waals surface area contributed by atoms with Gasteiger partial charge in [-0.15, -0.1) is 10.2 Å². The quantitative estimate of drug-likeness (QED) is 0.557. The summed E-state index contributed by atoms with van der Waals surface area (Å²) < 4.78 is 6.01. The van der Waals surface area contributed by atoms with E-state index in [-0.39, 0.29) is 5.97 Å². The number of carbonyl (C=O) groups is 1. The molecule has 0 bridgehead atoms. The van der Waals surface area contributed by atoms with Gasteiger partial charge in [0.25, 0.3) is 0 Å². The van der Waals surface area contributed by atoms with Gasteiger partial charge in [0.15, 0.2) is 9.47 Å². The largest absolute Gasteiger partial charge is 0.462 e. The zero-order valence-electron chi connectivity index (χ0n) is 13.6. The Hall–Kier alpha value is -1.19. The van der Waals surface area contributed by atoms with E-state index in [1.54, 1.807) is 6.92 Å². The molecule has 0 atom stereocenters. The van der Waals surface area contributed by atoms with Gasteiger partial charge in [0.1, 0.15) is 9.88 Å². The summed E-state index contributed by atoms with van der Waals surface area (Å²) in [6.45, 7) is 9.15. The summed E-state index contributed by atoms with van der Waals surface area (Å²) in [6.07, 6.45) is 0. The number of hydrogen-bond acceptors (Lipinski definition) is 9. The lowest BCUT2D eigenvalue weighted by atomic mass is 10.2. The average molecular weight is 373 g/mol. The average Bonchev–Trinajstić information content (AvgIpc) is 3.09. The van der Waals surface area contributed by atoms with E-state index in [4.69, 9.17) is 4.74 Å². The molecule has 2 rings (SSSR count). The molecule has 0 saturated heterocycles. The van der Waals surface area contributed by atoms with Crippen molar-refractivity contribution < 1.29 is 9.53 Å². The Labute approximate surface area is 148 Å². The number of hydrogen-bond donors (Lipinski definition) is 1. The van der Waals surface area contributed by atoms with Crippen LogP contribution in [0.25, 0.3) is 0 Å². The number of nitrogens with one attached hydrogen (secondary N) is 1. The van der Waals surface area contributed by atoms with Gasteiger partial charge in [-0.05, 0) is 19.8 Å². The third-order valence-electron chi connectivity index (χ3n) is 2.66. The highest BCUT2D eigenvalue weighted by Crippen LogP contribution is 2.31. The van der Waals surface area contributed by atoms with Gasteiger partial charge >= 0.3 is 5.97 Å². The van der Waals surface area contributed by atoms with E-state index in [0.717, 1.165) is 26.7 Å². The Morgan fingerprint density at radius 3 is 2.74 bits per heavy atom. The van der Waals surface area contributed by atoms with E-state index < -0.39 is 0 Å². The van der Waals surface area contributed by atoms with Gasteiger partial charge in [-0.2, -0.15) is 0 Å². The lowest BCUT2D eigenvalue weighted by molar-refractivity contribution is 0.0531. The summed E-state index contributed by atoms with van der Waals surface area (Å²) >= 11 is 4.42. The molecule has 0 fully saturated rings. The molecular formula is C14H20N4O2S3. The Balaban J connectivity index is 2.11. The highest BCUT2D eigenvalue weighted by atomic mass is 32.2. The molecule has 0 amide bonds. The Morgan fingerprint density at radius 1 is 1.35 bits per heavy atom. The van der Waals surface area contributed by atoms with Crippen LogP contribution in [0.5, 0.6) is 0 Å². The monoisotopic (exact) mass is 372 g/mol. The number of thiazole rings is 1. The minimum absolute atomic E-state index is 0.313. The maximum absolute atomic E-state index is 12.1. The molecule has 0 aliphatic rings. The van der Waals surface area contributed by atoms with E-state index in [9.17, 15) is 4.79 Å². The number of esters is 1. The van der Waals surface area contributed by atoms with Crippen LogP contribution in [0.4, 0.5) is 5.13 Å².